The van der Waals surface area contributed by atoms with E-state index in [1.165, 1.54) is 37.6 Å². The molecular formula is C21H24ClN3O5. The molecule has 0 bridgehead atoms. The van der Waals surface area contributed by atoms with Gasteiger partial charge in [0.05, 0.1) is 29.9 Å². The van der Waals surface area contributed by atoms with E-state index in [4.69, 9.17) is 21.1 Å². The predicted octanol–water partition coefficient (Wildman–Crippen LogP) is 4.98. The Labute approximate surface area is 180 Å². The molecule has 2 rings (SSSR count). The van der Waals surface area contributed by atoms with Gasteiger partial charge in [0.2, 0.25) is 0 Å². The van der Waals surface area contributed by atoms with Gasteiger partial charge in [0.1, 0.15) is 0 Å². The van der Waals surface area contributed by atoms with Crippen LogP contribution in [0.25, 0.3) is 0 Å². The summed E-state index contributed by atoms with van der Waals surface area (Å²) in [6.07, 6.45) is 5.76. The summed E-state index contributed by atoms with van der Waals surface area (Å²) in [6.45, 7) is 2.70. The lowest BCUT2D eigenvalue weighted by molar-refractivity contribution is -0.384. The van der Waals surface area contributed by atoms with Gasteiger partial charge in [-0.05, 0) is 36.2 Å². The molecule has 0 aliphatic rings. The van der Waals surface area contributed by atoms with Crippen LogP contribution in [0.3, 0.4) is 0 Å². The summed E-state index contributed by atoms with van der Waals surface area (Å²) in [5, 5.41) is 15.0. The van der Waals surface area contributed by atoms with E-state index in [-0.39, 0.29) is 11.3 Å². The minimum Gasteiger partial charge on any atom is -0.493 e. The summed E-state index contributed by atoms with van der Waals surface area (Å²) in [7, 11) is 1.52. The molecule has 0 heterocycles. The third-order valence-corrected chi connectivity index (χ3v) is 4.50. The first kappa shape index (κ1) is 23.2. The second-order valence-electron chi connectivity index (χ2n) is 6.45. The zero-order valence-electron chi connectivity index (χ0n) is 16.9. The van der Waals surface area contributed by atoms with Gasteiger partial charge >= 0.3 is 0 Å². The van der Waals surface area contributed by atoms with Gasteiger partial charge in [0.15, 0.2) is 11.5 Å². The predicted molar refractivity (Wildman–Crippen MR) is 116 cm³/mol. The molecule has 1 N–H and O–H groups in total. The maximum atomic E-state index is 12.1. The Hall–Kier alpha value is -3.13. The molecule has 160 valence electrons. The van der Waals surface area contributed by atoms with E-state index >= 15 is 0 Å². The molecule has 0 saturated carbocycles. The number of nitrogens with one attached hydrogen (secondary N) is 1. The highest BCUT2D eigenvalue weighted by Gasteiger charge is 2.12. The molecule has 0 fully saturated rings. The molecule has 0 spiro atoms. The second-order valence-corrected chi connectivity index (χ2v) is 6.85. The molecule has 2 aromatic rings. The lowest BCUT2D eigenvalue weighted by atomic mass is 10.2. The van der Waals surface area contributed by atoms with Crippen LogP contribution >= 0.6 is 11.6 Å². The summed E-state index contributed by atoms with van der Waals surface area (Å²) in [5.74, 6) is 0.454. The van der Waals surface area contributed by atoms with Crippen LogP contribution < -0.4 is 14.9 Å². The Morgan fingerprint density at radius 2 is 1.97 bits per heavy atom. The number of hydrogen-bond acceptors (Lipinski definition) is 6. The molecule has 30 heavy (non-hydrogen) atoms. The van der Waals surface area contributed by atoms with Crippen molar-refractivity contribution in [2.75, 3.05) is 13.7 Å². The number of hydrogen-bond donors (Lipinski definition) is 1. The number of unbranched alkanes of at least 4 members (excludes halogenated alkanes) is 3. The minimum atomic E-state index is -0.532. The number of nitro groups is 1. The van der Waals surface area contributed by atoms with Crippen LogP contribution in [0.1, 0.15) is 48.5 Å². The number of hydrazone groups is 1. The topological polar surface area (TPSA) is 103 Å². The van der Waals surface area contributed by atoms with E-state index in [2.05, 4.69) is 17.5 Å². The van der Waals surface area contributed by atoms with Gasteiger partial charge in [-0.1, -0.05) is 37.8 Å². The highest BCUT2D eigenvalue weighted by Crippen LogP contribution is 2.36. The van der Waals surface area contributed by atoms with Gasteiger partial charge in [-0.2, -0.15) is 5.10 Å². The fraction of sp³-hybridized carbons (Fsp3) is 0.333. The van der Waals surface area contributed by atoms with Crippen LogP contribution in [-0.4, -0.2) is 30.8 Å². The molecule has 9 heteroatoms. The largest absolute Gasteiger partial charge is 0.493 e. The van der Waals surface area contributed by atoms with Crippen molar-refractivity contribution < 1.29 is 19.2 Å². The second kappa shape index (κ2) is 11.8. The molecular weight excluding hydrogens is 410 g/mol. The lowest BCUT2D eigenvalue weighted by Crippen LogP contribution is -2.17. The SMILES string of the molecule is CCCCCCOc1c(Cl)cc(/C=N/NC(=O)c2ccc([N+](=O)[O-])cc2)cc1OC. The van der Waals surface area contributed by atoms with E-state index in [9.17, 15) is 14.9 Å². The zero-order valence-corrected chi connectivity index (χ0v) is 17.6. The summed E-state index contributed by atoms with van der Waals surface area (Å²) < 4.78 is 11.1. The third-order valence-electron chi connectivity index (χ3n) is 4.22. The van der Waals surface area contributed by atoms with Gasteiger partial charge in [-0.15, -0.1) is 0 Å². The maximum Gasteiger partial charge on any atom is 0.271 e. The molecule has 1 amide bonds. The molecule has 0 aliphatic heterocycles. The number of methoxy groups -OCH3 is 1. The molecule has 8 nitrogen and oxygen atoms in total. The molecule has 0 aromatic heterocycles. The number of nitrogens with zero attached hydrogens (tertiary/aromatic N) is 2. The van der Waals surface area contributed by atoms with Crippen molar-refractivity contribution in [2.45, 2.75) is 32.6 Å². The molecule has 0 radical (unpaired) electrons. The number of amides is 1. The summed E-state index contributed by atoms with van der Waals surface area (Å²) in [6, 6.07) is 8.58. The lowest BCUT2D eigenvalue weighted by Gasteiger charge is -2.13. The Bertz CT molecular complexity index is 900. The molecule has 0 saturated heterocycles. The van der Waals surface area contributed by atoms with Crippen molar-refractivity contribution in [3.8, 4) is 11.5 Å². The summed E-state index contributed by atoms with van der Waals surface area (Å²) in [5.41, 5.74) is 3.13. The molecule has 0 unspecified atom stereocenters. The molecule has 0 atom stereocenters. The van der Waals surface area contributed by atoms with Crippen LogP contribution in [0.15, 0.2) is 41.5 Å². The highest BCUT2D eigenvalue weighted by atomic mass is 35.5. The van der Waals surface area contributed by atoms with Crippen LogP contribution in [-0.2, 0) is 0 Å². The van der Waals surface area contributed by atoms with E-state index in [0.717, 1.165) is 25.7 Å². The Morgan fingerprint density at radius 1 is 1.23 bits per heavy atom. The first-order valence-electron chi connectivity index (χ1n) is 9.54. The van der Waals surface area contributed by atoms with Crippen molar-refractivity contribution in [3.63, 3.8) is 0 Å². The summed E-state index contributed by atoms with van der Waals surface area (Å²) >= 11 is 6.32. The van der Waals surface area contributed by atoms with Crippen molar-refractivity contribution in [2.24, 2.45) is 5.10 Å². The Kier molecular flexibility index (Phi) is 9.08. The number of halogens is 1. The third kappa shape index (κ3) is 6.73. The van der Waals surface area contributed by atoms with E-state index < -0.39 is 10.8 Å². The van der Waals surface area contributed by atoms with Gasteiger partial charge in [0.25, 0.3) is 11.6 Å². The average Bonchev–Trinajstić information content (AvgIpc) is 2.74. The van der Waals surface area contributed by atoms with Crippen LogP contribution in [0.2, 0.25) is 5.02 Å². The number of benzene rings is 2. The number of carbonyl (C=O) groups excluding carboxylic acids is 1. The number of ether oxygens (including phenoxy) is 2. The average molecular weight is 434 g/mol. The normalized spacial score (nSPS) is 10.8. The maximum absolute atomic E-state index is 12.1. The van der Waals surface area contributed by atoms with Gasteiger partial charge in [-0.3, -0.25) is 14.9 Å². The Balaban J connectivity index is 1.99. The molecule has 0 aliphatic carbocycles. The monoisotopic (exact) mass is 433 g/mol. The zero-order chi connectivity index (χ0) is 21.9. The van der Waals surface area contributed by atoms with Gasteiger partial charge in [0, 0.05) is 17.7 Å². The van der Waals surface area contributed by atoms with Crippen LogP contribution in [0, 0.1) is 10.1 Å². The van der Waals surface area contributed by atoms with E-state index in [0.29, 0.717) is 28.7 Å². The van der Waals surface area contributed by atoms with Crippen molar-refractivity contribution in [1.82, 2.24) is 5.43 Å². The smallest absolute Gasteiger partial charge is 0.271 e. The van der Waals surface area contributed by atoms with Crippen molar-refractivity contribution in [1.29, 1.82) is 0 Å². The van der Waals surface area contributed by atoms with E-state index in [1.54, 1.807) is 12.1 Å². The number of rotatable bonds is 11. The number of non-ortho nitro benzene ring substituents is 1. The first-order valence-corrected chi connectivity index (χ1v) is 9.92. The summed E-state index contributed by atoms with van der Waals surface area (Å²) in [4.78, 5) is 22.2. The van der Waals surface area contributed by atoms with Crippen molar-refractivity contribution in [3.05, 3.63) is 62.7 Å². The number of carbonyl (C=O) groups is 1. The fourth-order valence-electron chi connectivity index (χ4n) is 2.62. The van der Waals surface area contributed by atoms with Crippen LogP contribution in [0.5, 0.6) is 11.5 Å². The van der Waals surface area contributed by atoms with Crippen molar-refractivity contribution >= 4 is 29.4 Å². The number of nitro benzene ring substituents is 1. The first-order chi connectivity index (χ1) is 14.5. The van der Waals surface area contributed by atoms with Gasteiger partial charge < -0.3 is 9.47 Å². The quantitative estimate of drug-likeness (QED) is 0.233. The van der Waals surface area contributed by atoms with Crippen LogP contribution in [0.4, 0.5) is 5.69 Å². The standard InChI is InChI=1S/C21H24ClN3O5/c1-3-4-5-6-11-30-20-18(22)12-15(13-19(20)29-2)14-23-24-21(26)16-7-9-17(10-8-16)25(27)28/h7-10,12-14H,3-6,11H2,1-2H3,(H,24,26)/b23-14+. The highest BCUT2D eigenvalue weighted by molar-refractivity contribution is 6.32. The Morgan fingerprint density at radius 3 is 2.60 bits per heavy atom. The fourth-order valence-corrected chi connectivity index (χ4v) is 2.90. The molecule has 2 aromatic carbocycles. The van der Waals surface area contributed by atoms with Gasteiger partial charge in [-0.25, -0.2) is 5.43 Å². The minimum absolute atomic E-state index is 0.0931. The van der Waals surface area contributed by atoms with E-state index in [1.807, 2.05) is 0 Å².